The summed E-state index contributed by atoms with van der Waals surface area (Å²) in [5.74, 6) is -1.94. The van der Waals surface area contributed by atoms with Gasteiger partial charge >= 0.3 is 23.9 Å². The molecule has 0 bridgehead atoms. The Morgan fingerprint density at radius 1 is 0.721 bits per heavy atom. The molecule has 0 radical (unpaired) electrons. The molecule has 0 aliphatic heterocycles. The minimum atomic E-state index is -4.26. The predicted octanol–water partition coefficient (Wildman–Crippen LogP) is 2.24. The van der Waals surface area contributed by atoms with E-state index in [1.807, 2.05) is 26.2 Å². The van der Waals surface area contributed by atoms with E-state index in [0.29, 0.717) is 51.4 Å². The molecule has 4 N–H and O–H groups in total. The number of nitrogen functional groups attached to an aromatic ring is 1. The Kier molecular flexibility index (Phi) is 18.1. The molecule has 18 nitrogen and oxygen atoms in total. The van der Waals surface area contributed by atoms with E-state index < -0.39 is 57.3 Å². The van der Waals surface area contributed by atoms with Crippen molar-refractivity contribution in [3.63, 3.8) is 0 Å². The molecule has 4 aromatic rings. The molecule has 3 atom stereocenters. The Morgan fingerprint density at radius 2 is 1.25 bits per heavy atom. The normalized spacial score (nSPS) is 13.6. The van der Waals surface area contributed by atoms with Gasteiger partial charge < -0.3 is 49.5 Å². The SMILES string of the molecule is COC(=O)CC(NCCCN(C)[S+]([O-])c1cc(S(=O)(=O)N(C)CCCNC(CC(=O)OC)C(=O)OC)c2ccc3c(OCCCN(C)C)cc(N)c4ccc1c2c43)C(=O)OC. The second-order valence-corrected chi connectivity index (χ2v) is 18.2. The summed E-state index contributed by atoms with van der Waals surface area (Å²) in [4.78, 5) is 50.5. The van der Waals surface area contributed by atoms with Gasteiger partial charge in [-0.25, -0.2) is 12.7 Å². The zero-order valence-electron chi connectivity index (χ0n) is 36.0. The predicted molar refractivity (Wildman–Crippen MR) is 232 cm³/mol. The van der Waals surface area contributed by atoms with Gasteiger partial charge in [-0.3, -0.25) is 19.2 Å². The Labute approximate surface area is 360 Å². The van der Waals surface area contributed by atoms with Gasteiger partial charge in [0.1, 0.15) is 17.8 Å². The molecule has 0 amide bonds. The molecule has 0 heterocycles. The van der Waals surface area contributed by atoms with Crippen molar-refractivity contribution in [2.45, 2.75) is 54.0 Å². The third-order valence-corrected chi connectivity index (χ3v) is 13.6. The summed E-state index contributed by atoms with van der Waals surface area (Å²) in [7, 11) is 7.64. The Morgan fingerprint density at radius 3 is 1.80 bits per heavy atom. The summed E-state index contributed by atoms with van der Waals surface area (Å²) < 4.78 is 71.9. The molecular weight excluding hydrogens is 833 g/mol. The Bertz CT molecular complexity index is 2260. The van der Waals surface area contributed by atoms with Crippen LogP contribution in [0.2, 0.25) is 0 Å². The minimum absolute atomic E-state index is 0.0230. The van der Waals surface area contributed by atoms with Crippen molar-refractivity contribution < 1.29 is 55.8 Å². The fourth-order valence-corrected chi connectivity index (χ4v) is 9.62. The van der Waals surface area contributed by atoms with E-state index in [-0.39, 0.29) is 55.2 Å². The lowest BCUT2D eigenvalue weighted by Gasteiger charge is -2.25. The van der Waals surface area contributed by atoms with E-state index in [2.05, 4.69) is 20.3 Å². The molecule has 0 aliphatic carbocycles. The van der Waals surface area contributed by atoms with Gasteiger partial charge in [-0.2, -0.15) is 0 Å². The summed E-state index contributed by atoms with van der Waals surface area (Å²) in [6.07, 6.45) is 0.918. The van der Waals surface area contributed by atoms with E-state index in [0.717, 1.165) is 18.4 Å². The zero-order valence-corrected chi connectivity index (χ0v) is 37.7. The van der Waals surface area contributed by atoms with Crippen molar-refractivity contribution in [2.24, 2.45) is 0 Å². The molecule has 4 aromatic carbocycles. The van der Waals surface area contributed by atoms with Gasteiger partial charge in [0.05, 0.1) is 64.1 Å². The highest BCUT2D eigenvalue weighted by atomic mass is 32.2. The largest absolute Gasteiger partial charge is 0.593 e. The molecule has 0 saturated carbocycles. The molecular formula is C41H58N6O12S2. The highest BCUT2D eigenvalue weighted by Crippen LogP contribution is 2.45. The highest BCUT2D eigenvalue weighted by Gasteiger charge is 2.32. The quantitative estimate of drug-likeness (QED) is 0.0216. The number of rotatable bonds is 25. The van der Waals surface area contributed by atoms with E-state index in [9.17, 15) is 32.1 Å². The summed E-state index contributed by atoms with van der Waals surface area (Å²) >= 11 is -1.90. The molecule has 336 valence electrons. The monoisotopic (exact) mass is 890 g/mol. The number of nitrogens with one attached hydrogen (secondary N) is 2. The zero-order chi connectivity index (χ0) is 45.0. The summed E-state index contributed by atoms with van der Waals surface area (Å²) in [5.41, 5.74) is 7.07. The molecule has 20 heteroatoms. The molecule has 0 saturated heterocycles. The van der Waals surface area contributed by atoms with Crippen LogP contribution in [0.3, 0.4) is 0 Å². The van der Waals surface area contributed by atoms with Crippen molar-refractivity contribution in [2.75, 3.05) is 102 Å². The van der Waals surface area contributed by atoms with Crippen LogP contribution in [0.5, 0.6) is 5.75 Å². The molecule has 4 rings (SSSR count). The number of carbonyl (C=O) groups excluding carboxylic acids is 4. The van der Waals surface area contributed by atoms with Crippen LogP contribution in [-0.2, 0) is 59.5 Å². The van der Waals surface area contributed by atoms with Crippen LogP contribution in [0.4, 0.5) is 5.69 Å². The van der Waals surface area contributed by atoms with Gasteiger partial charge in [-0.05, 0) is 58.6 Å². The third-order valence-electron chi connectivity index (χ3n) is 10.2. The number of ether oxygens (including phenoxy) is 5. The average molecular weight is 891 g/mol. The number of nitrogens with two attached hydrogens (primary N) is 1. The number of hydrogen-bond acceptors (Lipinski definition) is 17. The minimum Gasteiger partial charge on any atom is -0.593 e. The highest BCUT2D eigenvalue weighted by molar-refractivity contribution is 7.90. The topological polar surface area (TPSA) is 231 Å². The lowest BCUT2D eigenvalue weighted by molar-refractivity contribution is -0.149. The lowest BCUT2D eigenvalue weighted by Crippen LogP contribution is -2.41. The van der Waals surface area contributed by atoms with Crippen LogP contribution in [0, 0.1) is 0 Å². The van der Waals surface area contributed by atoms with Gasteiger partial charge in [0, 0.05) is 83.9 Å². The number of hydrogen-bond donors (Lipinski definition) is 3. The third kappa shape index (κ3) is 12.1. The molecule has 0 spiro atoms. The second-order valence-electron chi connectivity index (χ2n) is 14.7. The van der Waals surface area contributed by atoms with Crippen LogP contribution >= 0.6 is 0 Å². The standard InChI is InChI=1S/C41H58N6O12S2/c1-45(2)18-11-21-59-33-22-30(42)26-12-14-28-34(60(52)46(3)19-9-16-43-31(40(50)57-7)23-36(48)55-5)25-35(29-15-13-27(33)38(26)39(28)29)61(53,54)47(4)20-10-17-44-32(41(51)58-8)24-37(49)56-6/h12-15,22,25,31-32,43-44H,9-11,16-21,23-24,42H2,1-8H3. The maximum atomic E-state index is 14.6. The maximum Gasteiger partial charge on any atom is 0.323 e. The van der Waals surface area contributed by atoms with Crippen molar-refractivity contribution in [3.8, 4) is 5.75 Å². The molecule has 61 heavy (non-hydrogen) atoms. The van der Waals surface area contributed by atoms with Gasteiger partial charge in [0.25, 0.3) is 0 Å². The Balaban J connectivity index is 1.73. The Hall–Kier alpha value is -4.54. The van der Waals surface area contributed by atoms with Crippen LogP contribution < -0.4 is 21.1 Å². The molecule has 0 aromatic heterocycles. The van der Waals surface area contributed by atoms with Crippen molar-refractivity contribution in [3.05, 3.63) is 36.4 Å². The van der Waals surface area contributed by atoms with E-state index >= 15 is 0 Å². The van der Waals surface area contributed by atoms with Gasteiger partial charge in [0.15, 0.2) is 4.90 Å². The first-order valence-corrected chi connectivity index (χ1v) is 22.2. The van der Waals surface area contributed by atoms with E-state index in [4.69, 9.17) is 24.7 Å². The fraction of sp³-hybridized carbons (Fsp3) is 0.512. The van der Waals surface area contributed by atoms with Crippen molar-refractivity contribution >= 4 is 83.3 Å². The van der Waals surface area contributed by atoms with Crippen LogP contribution in [0.15, 0.2) is 46.2 Å². The van der Waals surface area contributed by atoms with Crippen molar-refractivity contribution in [1.82, 2.24) is 24.1 Å². The number of nitrogens with zero attached hydrogens (tertiary/aromatic N) is 3. The molecule has 0 fully saturated rings. The van der Waals surface area contributed by atoms with Gasteiger partial charge in [-0.15, -0.1) is 4.31 Å². The number of carbonyl (C=O) groups is 4. The van der Waals surface area contributed by atoms with E-state index in [1.54, 1.807) is 29.6 Å². The lowest BCUT2D eigenvalue weighted by atomic mass is 9.93. The average Bonchev–Trinajstić information content (AvgIpc) is 3.25. The van der Waals surface area contributed by atoms with Gasteiger partial charge in [0.2, 0.25) is 10.0 Å². The second kappa shape index (κ2) is 22.5. The summed E-state index contributed by atoms with van der Waals surface area (Å²) in [5, 5.41) is 9.53. The first-order chi connectivity index (χ1) is 29.0. The fourth-order valence-electron chi connectivity index (χ4n) is 6.92. The smallest absolute Gasteiger partial charge is 0.323 e. The number of methoxy groups -OCH3 is 4. The number of esters is 4. The number of sulfonamides is 1. The van der Waals surface area contributed by atoms with Crippen LogP contribution in [-0.4, -0.2) is 158 Å². The summed E-state index contributed by atoms with van der Waals surface area (Å²) in [6.45, 7) is 1.93. The van der Waals surface area contributed by atoms with Gasteiger partial charge in [-0.1, -0.05) is 12.1 Å². The van der Waals surface area contributed by atoms with E-state index in [1.165, 1.54) is 45.9 Å². The first kappa shape index (κ1) is 49.1. The number of benzene rings is 4. The molecule has 3 unspecified atom stereocenters. The van der Waals surface area contributed by atoms with Crippen molar-refractivity contribution in [1.29, 1.82) is 0 Å². The van der Waals surface area contributed by atoms with Crippen LogP contribution in [0.1, 0.15) is 32.1 Å². The maximum absolute atomic E-state index is 14.6. The first-order valence-electron chi connectivity index (χ1n) is 19.7. The summed E-state index contributed by atoms with van der Waals surface area (Å²) in [6, 6.07) is 8.49. The number of anilines is 1. The molecule has 0 aliphatic rings. The van der Waals surface area contributed by atoms with Crippen LogP contribution in [0.25, 0.3) is 32.3 Å².